The van der Waals surface area contributed by atoms with E-state index in [9.17, 15) is 4.79 Å². The van der Waals surface area contributed by atoms with Gasteiger partial charge in [0.15, 0.2) is 6.10 Å². The van der Waals surface area contributed by atoms with Crippen LogP contribution in [-0.2, 0) is 4.79 Å². The summed E-state index contributed by atoms with van der Waals surface area (Å²) in [5.74, 6) is -1.46. The SMILES string of the molecule is N=C(c1ccccc1N)C(O)C(=O)O. The minimum absolute atomic E-state index is 0.238. The van der Waals surface area contributed by atoms with Crippen LogP contribution in [0.25, 0.3) is 0 Å². The van der Waals surface area contributed by atoms with Crippen LogP contribution in [0.15, 0.2) is 24.3 Å². The number of carboxylic acids is 1. The number of aliphatic hydroxyl groups is 1. The highest BCUT2D eigenvalue weighted by Crippen LogP contribution is 2.12. The summed E-state index contributed by atoms with van der Waals surface area (Å²) < 4.78 is 0. The van der Waals surface area contributed by atoms with Gasteiger partial charge in [-0.2, -0.15) is 0 Å². The molecule has 0 bridgehead atoms. The van der Waals surface area contributed by atoms with Crippen molar-refractivity contribution >= 4 is 17.4 Å². The van der Waals surface area contributed by atoms with Gasteiger partial charge in [-0.1, -0.05) is 18.2 Å². The van der Waals surface area contributed by atoms with Crippen LogP contribution >= 0.6 is 0 Å². The Morgan fingerprint density at radius 2 is 2.00 bits per heavy atom. The predicted octanol–water partition coefficient (Wildman–Crippen LogP) is 0.0822. The second kappa shape index (κ2) is 3.89. The van der Waals surface area contributed by atoms with E-state index in [2.05, 4.69) is 0 Å². The topological polar surface area (TPSA) is 107 Å². The van der Waals surface area contributed by atoms with E-state index in [-0.39, 0.29) is 11.3 Å². The molecule has 0 aromatic heterocycles. The van der Waals surface area contributed by atoms with Crippen LogP contribution in [0, 0.1) is 5.41 Å². The lowest BCUT2D eigenvalue weighted by atomic mass is 10.0. The van der Waals surface area contributed by atoms with E-state index in [0.717, 1.165) is 0 Å². The summed E-state index contributed by atoms with van der Waals surface area (Å²) in [4.78, 5) is 10.4. The minimum Gasteiger partial charge on any atom is -0.479 e. The zero-order valence-corrected chi connectivity index (χ0v) is 7.27. The predicted molar refractivity (Wildman–Crippen MR) is 51.3 cm³/mol. The summed E-state index contributed by atoms with van der Waals surface area (Å²) >= 11 is 0. The maximum Gasteiger partial charge on any atom is 0.338 e. The van der Waals surface area contributed by atoms with Crippen molar-refractivity contribution in [3.8, 4) is 0 Å². The molecule has 0 saturated heterocycles. The third-order valence-corrected chi connectivity index (χ3v) is 1.76. The third-order valence-electron chi connectivity index (χ3n) is 1.76. The highest BCUT2D eigenvalue weighted by atomic mass is 16.4. The molecule has 0 aliphatic rings. The lowest BCUT2D eigenvalue weighted by Gasteiger charge is -2.09. The van der Waals surface area contributed by atoms with E-state index in [1.807, 2.05) is 0 Å². The molecule has 1 aromatic carbocycles. The van der Waals surface area contributed by atoms with Crippen molar-refractivity contribution in [3.63, 3.8) is 0 Å². The van der Waals surface area contributed by atoms with Crippen molar-refractivity contribution in [2.24, 2.45) is 0 Å². The fourth-order valence-corrected chi connectivity index (χ4v) is 1.01. The van der Waals surface area contributed by atoms with E-state index in [0.29, 0.717) is 0 Å². The van der Waals surface area contributed by atoms with Crippen molar-refractivity contribution < 1.29 is 15.0 Å². The Kier molecular flexibility index (Phi) is 2.83. The number of nitrogens with one attached hydrogen (secondary N) is 1. The molecule has 0 radical (unpaired) electrons. The van der Waals surface area contributed by atoms with Gasteiger partial charge in [0, 0.05) is 11.3 Å². The van der Waals surface area contributed by atoms with E-state index < -0.39 is 17.8 Å². The smallest absolute Gasteiger partial charge is 0.338 e. The molecule has 0 heterocycles. The van der Waals surface area contributed by atoms with Crippen molar-refractivity contribution in [2.45, 2.75) is 6.10 Å². The second-order valence-corrected chi connectivity index (χ2v) is 2.74. The number of aliphatic hydroxyl groups excluding tert-OH is 1. The first kappa shape index (κ1) is 10.2. The van der Waals surface area contributed by atoms with Crippen molar-refractivity contribution in [2.75, 3.05) is 5.73 Å². The summed E-state index contributed by atoms with van der Waals surface area (Å²) in [6, 6.07) is 6.32. The van der Waals surface area contributed by atoms with Gasteiger partial charge in [0.2, 0.25) is 0 Å². The first-order valence-corrected chi connectivity index (χ1v) is 3.88. The fraction of sp³-hybridized carbons (Fsp3) is 0.111. The molecular formula is C9H10N2O3. The van der Waals surface area contributed by atoms with Gasteiger partial charge < -0.3 is 21.4 Å². The summed E-state index contributed by atoms with van der Waals surface area (Å²) in [5, 5.41) is 25.0. The van der Waals surface area contributed by atoms with Crippen LogP contribution in [0.2, 0.25) is 0 Å². The molecule has 1 unspecified atom stereocenters. The molecule has 1 rings (SSSR count). The number of rotatable bonds is 3. The molecule has 0 aliphatic carbocycles. The average molecular weight is 194 g/mol. The molecule has 0 aliphatic heterocycles. The van der Waals surface area contributed by atoms with Crippen LogP contribution < -0.4 is 5.73 Å². The first-order chi connectivity index (χ1) is 6.54. The number of carboxylic acid groups (broad SMARTS) is 1. The summed E-state index contributed by atoms with van der Waals surface area (Å²) in [7, 11) is 0. The van der Waals surface area contributed by atoms with Crippen molar-refractivity contribution in [1.29, 1.82) is 5.41 Å². The van der Waals surface area contributed by atoms with E-state index in [1.165, 1.54) is 6.07 Å². The lowest BCUT2D eigenvalue weighted by molar-refractivity contribution is -0.143. The zero-order valence-electron chi connectivity index (χ0n) is 7.27. The van der Waals surface area contributed by atoms with Gasteiger partial charge in [-0.15, -0.1) is 0 Å². The highest BCUT2D eigenvalue weighted by Gasteiger charge is 2.21. The molecule has 14 heavy (non-hydrogen) atoms. The number of anilines is 1. The third kappa shape index (κ3) is 1.89. The second-order valence-electron chi connectivity index (χ2n) is 2.74. The Balaban J connectivity index is 3.01. The Labute approximate surface area is 80.3 Å². The molecule has 74 valence electrons. The maximum absolute atomic E-state index is 10.4. The van der Waals surface area contributed by atoms with Crippen molar-refractivity contribution in [1.82, 2.24) is 0 Å². The summed E-state index contributed by atoms with van der Waals surface area (Å²) in [5.41, 5.74) is 5.62. The van der Waals surface area contributed by atoms with Gasteiger partial charge in [0.05, 0.1) is 5.71 Å². The fourth-order valence-electron chi connectivity index (χ4n) is 1.01. The standard InChI is InChI=1S/C9H10N2O3/c10-6-4-2-1-3-5(6)7(11)8(12)9(13)14/h1-4,8,11-12H,10H2,(H,13,14). The van der Waals surface area contributed by atoms with E-state index in [1.54, 1.807) is 18.2 Å². The molecule has 0 fully saturated rings. The Hall–Kier alpha value is -1.88. The largest absolute Gasteiger partial charge is 0.479 e. The normalized spacial score (nSPS) is 12.1. The molecule has 0 spiro atoms. The molecular weight excluding hydrogens is 184 g/mol. The number of hydrogen-bond acceptors (Lipinski definition) is 4. The van der Waals surface area contributed by atoms with Gasteiger partial charge in [-0.05, 0) is 6.07 Å². The number of para-hydroxylation sites is 1. The van der Waals surface area contributed by atoms with Crippen LogP contribution in [0.5, 0.6) is 0 Å². The Bertz CT molecular complexity index is 376. The molecule has 5 N–H and O–H groups in total. The van der Waals surface area contributed by atoms with Gasteiger partial charge in [0.25, 0.3) is 0 Å². The molecule has 1 aromatic rings. The molecule has 0 amide bonds. The van der Waals surface area contributed by atoms with Gasteiger partial charge in [0.1, 0.15) is 0 Å². The number of nitrogens with two attached hydrogens (primary N) is 1. The Morgan fingerprint density at radius 1 is 1.43 bits per heavy atom. The minimum atomic E-state index is -1.83. The molecule has 5 nitrogen and oxygen atoms in total. The summed E-state index contributed by atoms with van der Waals surface area (Å²) in [6.45, 7) is 0. The number of hydrogen-bond donors (Lipinski definition) is 4. The van der Waals surface area contributed by atoms with Gasteiger partial charge in [-0.25, -0.2) is 4.79 Å². The van der Waals surface area contributed by atoms with E-state index in [4.69, 9.17) is 21.4 Å². The number of carbonyl (C=O) groups is 1. The maximum atomic E-state index is 10.4. The molecule has 5 heteroatoms. The average Bonchev–Trinajstić information content (AvgIpc) is 2.16. The quantitative estimate of drug-likeness (QED) is 0.403. The first-order valence-electron chi connectivity index (χ1n) is 3.88. The monoisotopic (exact) mass is 194 g/mol. The molecule has 1 atom stereocenters. The Morgan fingerprint density at radius 3 is 2.50 bits per heavy atom. The number of nitrogen functional groups attached to an aromatic ring is 1. The zero-order chi connectivity index (χ0) is 10.7. The summed E-state index contributed by atoms with van der Waals surface area (Å²) in [6.07, 6.45) is -1.83. The highest BCUT2D eigenvalue weighted by molar-refractivity contribution is 6.14. The van der Waals surface area contributed by atoms with Gasteiger partial charge in [-0.3, -0.25) is 0 Å². The van der Waals surface area contributed by atoms with E-state index >= 15 is 0 Å². The van der Waals surface area contributed by atoms with Crippen LogP contribution in [0.4, 0.5) is 5.69 Å². The lowest BCUT2D eigenvalue weighted by Crippen LogP contribution is -2.30. The van der Waals surface area contributed by atoms with Crippen molar-refractivity contribution in [3.05, 3.63) is 29.8 Å². The van der Waals surface area contributed by atoms with Crippen LogP contribution in [0.1, 0.15) is 5.56 Å². The number of benzene rings is 1. The molecule has 0 saturated carbocycles. The van der Waals surface area contributed by atoms with Crippen LogP contribution in [0.3, 0.4) is 0 Å². The van der Waals surface area contributed by atoms with Gasteiger partial charge >= 0.3 is 5.97 Å². The van der Waals surface area contributed by atoms with Crippen LogP contribution in [-0.4, -0.2) is 28.0 Å². The number of aliphatic carboxylic acids is 1.